The van der Waals surface area contributed by atoms with Crippen LogP contribution in [-0.4, -0.2) is 17.1 Å². The van der Waals surface area contributed by atoms with E-state index in [4.69, 9.17) is 16.3 Å². The highest BCUT2D eigenvalue weighted by atomic mass is 35.5. The van der Waals surface area contributed by atoms with Gasteiger partial charge in [-0.15, -0.1) is 0 Å². The van der Waals surface area contributed by atoms with Crippen molar-refractivity contribution in [2.75, 3.05) is 5.43 Å². The van der Waals surface area contributed by atoms with Gasteiger partial charge in [-0.1, -0.05) is 11.6 Å². The lowest BCUT2D eigenvalue weighted by molar-refractivity contribution is -0.384. The number of nitrogens with zero attached hydrogens (tertiary/aromatic N) is 2. The lowest BCUT2D eigenvalue weighted by atomic mass is 10.2. The van der Waals surface area contributed by atoms with Crippen LogP contribution in [0.4, 0.5) is 11.4 Å². The number of anilines is 1. The monoisotopic (exact) mass is 395 g/mol. The predicted octanol–water partition coefficient (Wildman–Crippen LogP) is 4.91. The number of benzene rings is 3. The van der Waals surface area contributed by atoms with Crippen molar-refractivity contribution >= 4 is 35.2 Å². The molecule has 0 saturated heterocycles. The van der Waals surface area contributed by atoms with E-state index < -0.39 is 10.9 Å². The predicted molar refractivity (Wildman–Crippen MR) is 107 cm³/mol. The lowest BCUT2D eigenvalue weighted by Gasteiger charge is -2.05. The first-order valence-corrected chi connectivity index (χ1v) is 8.50. The number of hydrazone groups is 1. The highest BCUT2D eigenvalue weighted by Gasteiger charge is 2.08. The minimum Gasteiger partial charge on any atom is -0.423 e. The first-order chi connectivity index (χ1) is 13.5. The molecule has 0 bridgehead atoms. The molecule has 7 nitrogen and oxygen atoms in total. The molecule has 0 fully saturated rings. The quantitative estimate of drug-likeness (QED) is 0.210. The molecule has 140 valence electrons. The number of nitro benzene ring substituents is 1. The van der Waals surface area contributed by atoms with Gasteiger partial charge in [-0.2, -0.15) is 5.10 Å². The molecule has 0 radical (unpaired) electrons. The third kappa shape index (κ3) is 5.15. The third-order valence-electron chi connectivity index (χ3n) is 3.66. The fourth-order valence-corrected chi connectivity index (χ4v) is 2.34. The molecule has 8 heteroatoms. The Morgan fingerprint density at radius 1 is 1.00 bits per heavy atom. The number of hydrogen-bond acceptors (Lipinski definition) is 6. The van der Waals surface area contributed by atoms with Crippen LogP contribution < -0.4 is 10.2 Å². The molecule has 0 spiro atoms. The molecule has 0 aromatic heterocycles. The SMILES string of the molecule is O=C(Oc1ccc(C=NNc2ccc([N+](=O)[O-])cc2)cc1)c1ccc(Cl)cc1. The van der Waals surface area contributed by atoms with Crippen molar-refractivity contribution < 1.29 is 14.5 Å². The van der Waals surface area contributed by atoms with E-state index in [0.717, 1.165) is 5.56 Å². The summed E-state index contributed by atoms with van der Waals surface area (Å²) in [5.41, 5.74) is 4.60. The van der Waals surface area contributed by atoms with E-state index in [-0.39, 0.29) is 5.69 Å². The summed E-state index contributed by atoms with van der Waals surface area (Å²) in [5.74, 6) is -0.0710. The zero-order valence-electron chi connectivity index (χ0n) is 14.4. The molecule has 1 N–H and O–H groups in total. The number of carbonyl (C=O) groups is 1. The number of rotatable bonds is 6. The van der Waals surface area contributed by atoms with Gasteiger partial charge < -0.3 is 4.74 Å². The van der Waals surface area contributed by atoms with Crippen LogP contribution in [0.25, 0.3) is 0 Å². The number of nitrogens with one attached hydrogen (secondary N) is 1. The summed E-state index contributed by atoms with van der Waals surface area (Å²) >= 11 is 5.80. The lowest BCUT2D eigenvalue weighted by Crippen LogP contribution is -2.08. The van der Waals surface area contributed by atoms with Crippen LogP contribution in [0.3, 0.4) is 0 Å². The minimum atomic E-state index is -0.474. The van der Waals surface area contributed by atoms with Crippen molar-refractivity contribution in [1.29, 1.82) is 0 Å². The van der Waals surface area contributed by atoms with Gasteiger partial charge in [-0.25, -0.2) is 4.79 Å². The van der Waals surface area contributed by atoms with Gasteiger partial charge >= 0.3 is 5.97 Å². The van der Waals surface area contributed by atoms with Gasteiger partial charge in [0.2, 0.25) is 0 Å². The van der Waals surface area contributed by atoms with E-state index in [9.17, 15) is 14.9 Å². The maximum absolute atomic E-state index is 12.1. The minimum absolute atomic E-state index is 0.0123. The number of nitro groups is 1. The topological polar surface area (TPSA) is 93.8 Å². The van der Waals surface area contributed by atoms with Gasteiger partial charge in [-0.3, -0.25) is 15.5 Å². The van der Waals surface area contributed by atoms with Gasteiger partial charge in [0.1, 0.15) is 5.75 Å². The third-order valence-corrected chi connectivity index (χ3v) is 3.91. The molecule has 3 aromatic rings. The second kappa shape index (κ2) is 8.79. The van der Waals surface area contributed by atoms with Crippen LogP contribution in [0.15, 0.2) is 77.9 Å². The molecule has 0 aliphatic heterocycles. The molecule has 3 rings (SSSR count). The van der Waals surface area contributed by atoms with Crippen molar-refractivity contribution in [3.63, 3.8) is 0 Å². The average molecular weight is 396 g/mol. The summed E-state index contributed by atoms with van der Waals surface area (Å²) in [5, 5.41) is 15.2. The Bertz CT molecular complexity index is 1000. The van der Waals surface area contributed by atoms with Crippen molar-refractivity contribution in [3.8, 4) is 5.75 Å². The molecule has 28 heavy (non-hydrogen) atoms. The zero-order chi connectivity index (χ0) is 19.9. The normalized spacial score (nSPS) is 10.6. The second-order valence-electron chi connectivity index (χ2n) is 5.64. The fourth-order valence-electron chi connectivity index (χ4n) is 2.21. The number of hydrogen-bond donors (Lipinski definition) is 1. The fraction of sp³-hybridized carbons (Fsp3) is 0. The van der Waals surface area contributed by atoms with E-state index in [2.05, 4.69) is 10.5 Å². The first-order valence-electron chi connectivity index (χ1n) is 8.12. The molecular formula is C20H14ClN3O4. The van der Waals surface area contributed by atoms with E-state index in [1.807, 2.05) is 0 Å². The molecule has 0 atom stereocenters. The van der Waals surface area contributed by atoms with Gasteiger partial charge in [0.05, 0.1) is 22.4 Å². The van der Waals surface area contributed by atoms with E-state index in [1.165, 1.54) is 12.1 Å². The average Bonchev–Trinajstić information content (AvgIpc) is 2.70. The molecule has 0 saturated carbocycles. The van der Waals surface area contributed by atoms with E-state index >= 15 is 0 Å². The molecule has 0 heterocycles. The number of esters is 1. The van der Waals surface area contributed by atoms with Crippen molar-refractivity contribution in [3.05, 3.63) is 99.1 Å². The maximum Gasteiger partial charge on any atom is 0.343 e. The molecule has 0 aliphatic carbocycles. The number of halogens is 1. The van der Waals surface area contributed by atoms with Crippen LogP contribution in [0.5, 0.6) is 5.75 Å². The van der Waals surface area contributed by atoms with Gasteiger partial charge in [0, 0.05) is 17.2 Å². The smallest absolute Gasteiger partial charge is 0.343 e. The van der Waals surface area contributed by atoms with Crippen LogP contribution >= 0.6 is 11.6 Å². The van der Waals surface area contributed by atoms with Gasteiger partial charge in [-0.05, 0) is 66.2 Å². The van der Waals surface area contributed by atoms with Gasteiger partial charge in [0.25, 0.3) is 5.69 Å². The molecule has 3 aromatic carbocycles. The van der Waals surface area contributed by atoms with Crippen LogP contribution in [-0.2, 0) is 0 Å². The standard InChI is InChI=1S/C20H14ClN3O4/c21-16-5-3-15(4-6-16)20(25)28-19-11-1-14(2-12-19)13-22-23-17-7-9-18(10-8-17)24(26)27/h1-13,23H. The second-order valence-corrected chi connectivity index (χ2v) is 6.08. The Labute approximate surface area is 165 Å². The maximum atomic E-state index is 12.1. The van der Waals surface area contributed by atoms with Crippen molar-refractivity contribution in [2.24, 2.45) is 5.10 Å². The summed E-state index contributed by atoms with van der Waals surface area (Å²) < 4.78 is 5.30. The largest absolute Gasteiger partial charge is 0.423 e. The Morgan fingerprint density at radius 3 is 2.25 bits per heavy atom. The summed E-state index contributed by atoms with van der Waals surface area (Å²) in [4.78, 5) is 22.2. The summed E-state index contributed by atoms with van der Waals surface area (Å²) in [6.07, 6.45) is 1.58. The van der Waals surface area contributed by atoms with E-state index in [1.54, 1.807) is 66.9 Å². The number of non-ortho nitro benzene ring substituents is 1. The number of ether oxygens (including phenoxy) is 1. The van der Waals surface area contributed by atoms with Gasteiger partial charge in [0.15, 0.2) is 0 Å². The van der Waals surface area contributed by atoms with Crippen molar-refractivity contribution in [2.45, 2.75) is 0 Å². The summed E-state index contributed by atoms with van der Waals surface area (Å²) in [6, 6.07) is 19.1. The van der Waals surface area contributed by atoms with Crippen molar-refractivity contribution in [1.82, 2.24) is 0 Å². The van der Waals surface area contributed by atoms with E-state index in [0.29, 0.717) is 22.0 Å². The summed E-state index contributed by atoms with van der Waals surface area (Å²) in [6.45, 7) is 0. The Hall–Kier alpha value is -3.71. The van der Waals surface area contributed by atoms with Crippen LogP contribution in [0.2, 0.25) is 5.02 Å². The Morgan fingerprint density at radius 2 is 1.64 bits per heavy atom. The molecule has 0 amide bonds. The molecular weight excluding hydrogens is 382 g/mol. The first kappa shape index (κ1) is 19.1. The highest BCUT2D eigenvalue weighted by molar-refractivity contribution is 6.30. The van der Waals surface area contributed by atoms with Crippen LogP contribution in [0.1, 0.15) is 15.9 Å². The molecule has 0 aliphatic rings. The highest BCUT2D eigenvalue weighted by Crippen LogP contribution is 2.17. The molecule has 0 unspecified atom stereocenters. The Balaban J connectivity index is 1.56. The number of carbonyl (C=O) groups excluding carboxylic acids is 1. The zero-order valence-corrected chi connectivity index (χ0v) is 15.2. The van der Waals surface area contributed by atoms with Crippen LogP contribution in [0, 0.1) is 10.1 Å². The summed E-state index contributed by atoms with van der Waals surface area (Å²) in [7, 11) is 0. The Kier molecular flexibility index (Phi) is 5.98.